The van der Waals surface area contributed by atoms with Crippen LogP contribution in [0.15, 0.2) is 11.0 Å². The molecule has 0 aliphatic carbocycles. The molecule has 3 N–H and O–H groups in total. The Morgan fingerprint density at radius 1 is 1.67 bits per heavy atom. The summed E-state index contributed by atoms with van der Waals surface area (Å²) < 4.78 is 1.52. The molecule has 6 nitrogen and oxygen atoms in total. The van der Waals surface area contributed by atoms with Gasteiger partial charge >= 0.3 is 0 Å². The molecular weight excluding hydrogens is 194 g/mol. The summed E-state index contributed by atoms with van der Waals surface area (Å²) in [5, 5.41) is 4.04. The van der Waals surface area contributed by atoms with Crippen molar-refractivity contribution in [1.82, 2.24) is 19.6 Å². The van der Waals surface area contributed by atoms with Gasteiger partial charge in [0.05, 0.1) is 11.9 Å². The summed E-state index contributed by atoms with van der Waals surface area (Å²) in [5.41, 5.74) is 6.37. The number of aromatic amines is 1. The van der Waals surface area contributed by atoms with E-state index in [4.69, 9.17) is 5.73 Å². The highest BCUT2D eigenvalue weighted by Crippen LogP contribution is 2.17. The lowest BCUT2D eigenvalue weighted by Crippen LogP contribution is -2.17. The van der Waals surface area contributed by atoms with Gasteiger partial charge in [-0.15, -0.1) is 5.10 Å². The Labute approximate surface area is 86.1 Å². The van der Waals surface area contributed by atoms with E-state index in [1.807, 2.05) is 0 Å². The van der Waals surface area contributed by atoms with Crippen LogP contribution in [-0.4, -0.2) is 19.6 Å². The number of nitrogens with two attached hydrogens (primary N) is 1. The number of nitrogens with one attached hydrogen (secondary N) is 1. The maximum absolute atomic E-state index is 11.5. The summed E-state index contributed by atoms with van der Waals surface area (Å²) in [6, 6.07) is 0. The van der Waals surface area contributed by atoms with E-state index in [0.29, 0.717) is 11.6 Å². The molecule has 1 unspecified atom stereocenters. The first-order valence-electron chi connectivity index (χ1n) is 4.87. The molecule has 2 aromatic rings. The van der Waals surface area contributed by atoms with Gasteiger partial charge in [-0.3, -0.25) is 9.78 Å². The fourth-order valence-corrected chi connectivity index (χ4v) is 1.47. The van der Waals surface area contributed by atoms with E-state index < -0.39 is 0 Å². The van der Waals surface area contributed by atoms with Crippen LogP contribution >= 0.6 is 0 Å². The van der Waals surface area contributed by atoms with Crippen molar-refractivity contribution in [1.29, 1.82) is 0 Å². The van der Waals surface area contributed by atoms with Crippen molar-refractivity contribution in [2.45, 2.75) is 26.2 Å². The van der Waals surface area contributed by atoms with Crippen LogP contribution in [0.3, 0.4) is 0 Å². The van der Waals surface area contributed by atoms with Crippen LogP contribution in [-0.2, 0) is 0 Å². The van der Waals surface area contributed by atoms with Crippen molar-refractivity contribution in [3.05, 3.63) is 22.2 Å². The second-order valence-electron chi connectivity index (χ2n) is 3.57. The van der Waals surface area contributed by atoms with Gasteiger partial charge in [-0.1, -0.05) is 13.8 Å². The molecular formula is C9H13N5O. The number of rotatable bonds is 2. The van der Waals surface area contributed by atoms with E-state index in [0.717, 1.165) is 12.1 Å². The van der Waals surface area contributed by atoms with Crippen LogP contribution in [0.25, 0.3) is 5.65 Å². The Morgan fingerprint density at radius 3 is 3.07 bits per heavy atom. The Bertz CT molecular complexity index is 541. The van der Waals surface area contributed by atoms with Crippen molar-refractivity contribution in [2.75, 3.05) is 5.73 Å². The first-order chi connectivity index (χ1) is 7.13. The number of hydrogen-bond donors (Lipinski definition) is 2. The van der Waals surface area contributed by atoms with Crippen molar-refractivity contribution in [2.24, 2.45) is 0 Å². The Hall–Kier alpha value is -1.85. The Morgan fingerprint density at radius 2 is 2.40 bits per heavy atom. The third-order valence-electron chi connectivity index (χ3n) is 2.53. The molecule has 15 heavy (non-hydrogen) atoms. The summed E-state index contributed by atoms with van der Waals surface area (Å²) in [6.07, 6.45) is 2.63. The third-order valence-corrected chi connectivity index (χ3v) is 2.53. The zero-order valence-electron chi connectivity index (χ0n) is 8.69. The van der Waals surface area contributed by atoms with Crippen molar-refractivity contribution in [3.63, 3.8) is 0 Å². The average Bonchev–Trinajstić information content (AvgIpc) is 2.60. The van der Waals surface area contributed by atoms with Crippen molar-refractivity contribution < 1.29 is 0 Å². The van der Waals surface area contributed by atoms with E-state index in [1.54, 1.807) is 6.20 Å². The molecule has 0 aliphatic rings. The molecule has 2 aromatic heterocycles. The smallest absolute Gasteiger partial charge is 0.295 e. The molecule has 0 aliphatic heterocycles. The molecule has 0 fully saturated rings. The van der Waals surface area contributed by atoms with E-state index in [9.17, 15) is 4.79 Å². The molecule has 2 heterocycles. The van der Waals surface area contributed by atoms with Gasteiger partial charge in [0.1, 0.15) is 0 Å². The minimum Gasteiger partial charge on any atom is -0.368 e. The van der Waals surface area contributed by atoms with E-state index in [1.165, 1.54) is 4.52 Å². The first-order valence-corrected chi connectivity index (χ1v) is 4.87. The van der Waals surface area contributed by atoms with Gasteiger partial charge in [-0.25, -0.2) is 9.50 Å². The van der Waals surface area contributed by atoms with Crippen LogP contribution in [0, 0.1) is 0 Å². The molecule has 0 amide bonds. The number of H-pyrrole nitrogens is 1. The largest absolute Gasteiger partial charge is 0.368 e. The third kappa shape index (κ3) is 1.47. The topological polar surface area (TPSA) is 89.1 Å². The predicted octanol–water partition coefficient (Wildman–Crippen LogP) is 0.513. The van der Waals surface area contributed by atoms with Gasteiger partial charge in [0.2, 0.25) is 11.6 Å². The SMILES string of the molecule is CCC(C)c1cnc2c(=O)[nH]c(N)nn12. The van der Waals surface area contributed by atoms with Crippen LogP contribution < -0.4 is 11.3 Å². The number of hydrogen-bond acceptors (Lipinski definition) is 4. The number of imidazole rings is 1. The van der Waals surface area contributed by atoms with Gasteiger partial charge in [-0.2, -0.15) is 0 Å². The molecule has 0 spiro atoms. The minimum absolute atomic E-state index is 0.107. The quantitative estimate of drug-likeness (QED) is 0.751. The Balaban J connectivity index is 2.74. The minimum atomic E-state index is -0.308. The van der Waals surface area contributed by atoms with Crippen molar-refractivity contribution >= 4 is 11.6 Å². The number of nitrogen functional groups attached to an aromatic ring is 1. The van der Waals surface area contributed by atoms with Crippen LogP contribution in [0.4, 0.5) is 5.95 Å². The molecule has 0 saturated heterocycles. The summed E-state index contributed by atoms with van der Waals surface area (Å²) in [6.45, 7) is 4.13. The molecule has 0 bridgehead atoms. The van der Waals surface area contributed by atoms with Gasteiger partial charge < -0.3 is 5.73 Å². The lowest BCUT2D eigenvalue weighted by Gasteiger charge is -2.06. The van der Waals surface area contributed by atoms with Crippen molar-refractivity contribution in [3.8, 4) is 0 Å². The Kier molecular flexibility index (Phi) is 2.18. The standard InChI is InChI=1S/C9H13N5O/c1-3-5(2)6-4-11-7-8(15)12-9(10)13-14(6)7/h4-5H,3H2,1-2H3,(H3,10,12,13,15). The van der Waals surface area contributed by atoms with Crippen LogP contribution in [0.1, 0.15) is 31.9 Å². The van der Waals surface area contributed by atoms with E-state index >= 15 is 0 Å². The van der Waals surface area contributed by atoms with Gasteiger partial charge in [-0.05, 0) is 12.3 Å². The maximum Gasteiger partial charge on any atom is 0.295 e. The molecule has 1 atom stereocenters. The number of fused-ring (bicyclic) bond motifs is 1. The van der Waals surface area contributed by atoms with Gasteiger partial charge in [0.25, 0.3) is 5.56 Å². The fourth-order valence-electron chi connectivity index (χ4n) is 1.47. The highest BCUT2D eigenvalue weighted by Gasteiger charge is 2.13. The first kappa shape index (κ1) is 9.70. The van der Waals surface area contributed by atoms with E-state index in [2.05, 4.69) is 28.9 Å². The number of nitrogens with zero attached hydrogens (tertiary/aromatic N) is 3. The molecule has 0 aromatic carbocycles. The monoisotopic (exact) mass is 207 g/mol. The fraction of sp³-hybridized carbons (Fsp3) is 0.444. The lowest BCUT2D eigenvalue weighted by molar-refractivity contribution is 0.675. The summed E-state index contributed by atoms with van der Waals surface area (Å²) in [7, 11) is 0. The highest BCUT2D eigenvalue weighted by atomic mass is 16.1. The number of aromatic nitrogens is 4. The zero-order chi connectivity index (χ0) is 11.0. The van der Waals surface area contributed by atoms with Crippen LogP contribution in [0.2, 0.25) is 0 Å². The summed E-state index contributed by atoms with van der Waals surface area (Å²) in [5.74, 6) is 0.406. The van der Waals surface area contributed by atoms with E-state index in [-0.39, 0.29) is 11.5 Å². The van der Waals surface area contributed by atoms with Gasteiger partial charge in [0, 0.05) is 0 Å². The predicted molar refractivity (Wildman–Crippen MR) is 56.7 cm³/mol. The summed E-state index contributed by atoms with van der Waals surface area (Å²) in [4.78, 5) is 17.9. The highest BCUT2D eigenvalue weighted by molar-refractivity contribution is 5.38. The average molecular weight is 207 g/mol. The summed E-state index contributed by atoms with van der Waals surface area (Å²) >= 11 is 0. The molecule has 0 radical (unpaired) electrons. The zero-order valence-corrected chi connectivity index (χ0v) is 8.69. The number of anilines is 1. The molecule has 80 valence electrons. The molecule has 0 saturated carbocycles. The second-order valence-corrected chi connectivity index (χ2v) is 3.57. The molecule has 6 heteroatoms. The normalized spacial score (nSPS) is 13.2. The lowest BCUT2D eigenvalue weighted by atomic mass is 10.1. The molecule has 2 rings (SSSR count). The maximum atomic E-state index is 11.5. The van der Waals surface area contributed by atoms with Crippen LogP contribution in [0.5, 0.6) is 0 Å². The second kappa shape index (κ2) is 3.38. The van der Waals surface area contributed by atoms with Gasteiger partial charge in [0.15, 0.2) is 0 Å².